The van der Waals surface area contributed by atoms with Crippen LogP contribution < -0.4 is 5.32 Å². The predicted octanol–water partition coefficient (Wildman–Crippen LogP) is 1.73. The van der Waals surface area contributed by atoms with Crippen molar-refractivity contribution in [1.82, 2.24) is 10.2 Å². The highest BCUT2D eigenvalue weighted by Gasteiger charge is 2.36. The minimum absolute atomic E-state index is 0.134. The molecule has 0 aromatic heterocycles. The lowest BCUT2D eigenvalue weighted by Gasteiger charge is -2.45. The van der Waals surface area contributed by atoms with Crippen LogP contribution in [0.15, 0.2) is 0 Å². The van der Waals surface area contributed by atoms with E-state index in [1.807, 2.05) is 0 Å². The van der Waals surface area contributed by atoms with Crippen LogP contribution in [0.5, 0.6) is 0 Å². The van der Waals surface area contributed by atoms with Crippen LogP contribution in [-0.2, 0) is 0 Å². The number of nitrogens with one attached hydrogen (secondary N) is 1. The summed E-state index contributed by atoms with van der Waals surface area (Å²) < 4.78 is 0. The SMILES string of the molecule is CNC(=O)N1C2CCCC1CCC2. The maximum Gasteiger partial charge on any atom is 0.317 e. The molecule has 0 spiro atoms. The second kappa shape index (κ2) is 3.56. The average molecular weight is 182 g/mol. The largest absolute Gasteiger partial charge is 0.341 e. The monoisotopic (exact) mass is 182 g/mol. The molecule has 0 aliphatic carbocycles. The Morgan fingerprint density at radius 3 is 2.00 bits per heavy atom. The van der Waals surface area contributed by atoms with Gasteiger partial charge in [-0.2, -0.15) is 0 Å². The quantitative estimate of drug-likeness (QED) is 0.608. The molecule has 0 aromatic rings. The van der Waals surface area contributed by atoms with E-state index in [2.05, 4.69) is 10.2 Å². The summed E-state index contributed by atoms with van der Waals surface area (Å²) in [6.45, 7) is 0. The van der Waals surface area contributed by atoms with Crippen molar-refractivity contribution in [1.29, 1.82) is 0 Å². The van der Waals surface area contributed by atoms with Crippen molar-refractivity contribution < 1.29 is 4.79 Å². The maximum absolute atomic E-state index is 11.6. The zero-order valence-electron chi connectivity index (χ0n) is 8.25. The highest BCUT2D eigenvalue weighted by molar-refractivity contribution is 5.74. The van der Waals surface area contributed by atoms with E-state index < -0.39 is 0 Å². The first kappa shape index (κ1) is 8.85. The minimum Gasteiger partial charge on any atom is -0.341 e. The lowest BCUT2D eigenvalue weighted by molar-refractivity contribution is 0.0719. The molecule has 2 heterocycles. The fraction of sp³-hybridized carbons (Fsp3) is 0.900. The Morgan fingerprint density at radius 1 is 1.15 bits per heavy atom. The number of hydrogen-bond acceptors (Lipinski definition) is 1. The Balaban J connectivity index is 2.10. The van der Waals surface area contributed by atoms with Crippen LogP contribution in [-0.4, -0.2) is 30.1 Å². The number of urea groups is 1. The fourth-order valence-corrected chi connectivity index (χ4v) is 2.78. The number of hydrogen-bond donors (Lipinski definition) is 1. The van der Waals surface area contributed by atoms with Crippen LogP contribution in [0.3, 0.4) is 0 Å². The smallest absolute Gasteiger partial charge is 0.317 e. The molecule has 2 amide bonds. The zero-order valence-corrected chi connectivity index (χ0v) is 8.25. The van der Waals surface area contributed by atoms with E-state index in [1.54, 1.807) is 7.05 Å². The van der Waals surface area contributed by atoms with Gasteiger partial charge in [-0.15, -0.1) is 0 Å². The van der Waals surface area contributed by atoms with Gasteiger partial charge in [0.25, 0.3) is 0 Å². The molecule has 2 saturated heterocycles. The molecule has 2 rings (SSSR count). The van der Waals surface area contributed by atoms with E-state index in [-0.39, 0.29) is 6.03 Å². The molecule has 0 aromatic carbocycles. The van der Waals surface area contributed by atoms with Crippen LogP contribution in [0.2, 0.25) is 0 Å². The van der Waals surface area contributed by atoms with Gasteiger partial charge in [-0.3, -0.25) is 0 Å². The van der Waals surface area contributed by atoms with Gasteiger partial charge in [0.1, 0.15) is 0 Å². The first-order valence-corrected chi connectivity index (χ1v) is 5.33. The average Bonchev–Trinajstić information content (AvgIpc) is 2.15. The number of amides is 2. The van der Waals surface area contributed by atoms with E-state index in [0.717, 1.165) is 0 Å². The summed E-state index contributed by atoms with van der Waals surface area (Å²) in [5.41, 5.74) is 0. The van der Waals surface area contributed by atoms with Crippen molar-refractivity contribution in [3.05, 3.63) is 0 Å². The molecule has 2 bridgehead atoms. The molecular formula is C10H18N2O. The van der Waals surface area contributed by atoms with Gasteiger partial charge in [-0.25, -0.2) is 4.79 Å². The second-order valence-corrected chi connectivity index (χ2v) is 4.13. The molecule has 0 radical (unpaired) electrons. The fourth-order valence-electron chi connectivity index (χ4n) is 2.78. The molecule has 2 fully saturated rings. The van der Waals surface area contributed by atoms with Crippen molar-refractivity contribution in [3.63, 3.8) is 0 Å². The summed E-state index contributed by atoms with van der Waals surface area (Å²) in [4.78, 5) is 13.7. The molecule has 0 unspecified atom stereocenters. The highest BCUT2D eigenvalue weighted by atomic mass is 16.2. The zero-order chi connectivity index (χ0) is 9.26. The van der Waals surface area contributed by atoms with Gasteiger partial charge in [0.2, 0.25) is 0 Å². The summed E-state index contributed by atoms with van der Waals surface area (Å²) >= 11 is 0. The third-order valence-electron chi connectivity index (χ3n) is 3.38. The van der Waals surface area contributed by atoms with E-state index in [4.69, 9.17) is 0 Å². The third kappa shape index (κ3) is 1.52. The summed E-state index contributed by atoms with van der Waals surface area (Å²) in [5, 5.41) is 2.75. The Morgan fingerprint density at radius 2 is 1.62 bits per heavy atom. The van der Waals surface area contributed by atoms with Crippen LogP contribution in [0.1, 0.15) is 38.5 Å². The van der Waals surface area contributed by atoms with Gasteiger partial charge >= 0.3 is 6.03 Å². The Hall–Kier alpha value is -0.730. The van der Waals surface area contributed by atoms with E-state index in [0.29, 0.717) is 12.1 Å². The van der Waals surface area contributed by atoms with Crippen LogP contribution in [0.4, 0.5) is 4.79 Å². The molecule has 2 aliphatic heterocycles. The summed E-state index contributed by atoms with van der Waals surface area (Å²) in [7, 11) is 1.73. The number of fused-ring (bicyclic) bond motifs is 2. The first-order valence-electron chi connectivity index (χ1n) is 5.33. The highest BCUT2D eigenvalue weighted by Crippen LogP contribution is 2.33. The summed E-state index contributed by atoms with van der Waals surface area (Å²) in [6.07, 6.45) is 7.47. The molecule has 2 aliphatic rings. The molecule has 3 heteroatoms. The number of piperidine rings is 2. The topological polar surface area (TPSA) is 32.3 Å². The van der Waals surface area contributed by atoms with Gasteiger partial charge < -0.3 is 10.2 Å². The lowest BCUT2D eigenvalue weighted by Crippen LogP contribution is -2.55. The Kier molecular flexibility index (Phi) is 2.42. The summed E-state index contributed by atoms with van der Waals surface area (Å²) in [6, 6.07) is 1.20. The van der Waals surface area contributed by atoms with Crippen molar-refractivity contribution in [2.75, 3.05) is 7.05 Å². The first-order chi connectivity index (χ1) is 6.33. The van der Waals surface area contributed by atoms with Crippen molar-refractivity contribution in [2.24, 2.45) is 0 Å². The van der Waals surface area contributed by atoms with E-state index in [1.165, 1.54) is 38.5 Å². The van der Waals surface area contributed by atoms with Gasteiger partial charge in [-0.1, -0.05) is 0 Å². The van der Waals surface area contributed by atoms with E-state index in [9.17, 15) is 4.79 Å². The predicted molar refractivity (Wildman–Crippen MR) is 51.6 cm³/mol. The van der Waals surface area contributed by atoms with Crippen LogP contribution >= 0.6 is 0 Å². The molecule has 3 nitrogen and oxygen atoms in total. The van der Waals surface area contributed by atoms with Gasteiger partial charge in [0, 0.05) is 19.1 Å². The van der Waals surface area contributed by atoms with Gasteiger partial charge in [-0.05, 0) is 38.5 Å². The number of carbonyl (C=O) groups excluding carboxylic acids is 1. The van der Waals surface area contributed by atoms with Crippen molar-refractivity contribution >= 4 is 6.03 Å². The number of nitrogens with zero attached hydrogens (tertiary/aromatic N) is 1. The Bertz CT molecular complexity index is 183. The lowest BCUT2D eigenvalue weighted by atomic mass is 9.85. The molecule has 0 atom stereocenters. The van der Waals surface area contributed by atoms with Gasteiger partial charge in [0.05, 0.1) is 0 Å². The normalized spacial score (nSPS) is 32.8. The molecule has 1 N–H and O–H groups in total. The van der Waals surface area contributed by atoms with Crippen LogP contribution in [0.25, 0.3) is 0 Å². The third-order valence-corrected chi connectivity index (χ3v) is 3.38. The van der Waals surface area contributed by atoms with Gasteiger partial charge in [0.15, 0.2) is 0 Å². The number of rotatable bonds is 0. The minimum atomic E-state index is 0.134. The van der Waals surface area contributed by atoms with Crippen molar-refractivity contribution in [3.8, 4) is 0 Å². The van der Waals surface area contributed by atoms with E-state index >= 15 is 0 Å². The molecule has 13 heavy (non-hydrogen) atoms. The number of carbonyl (C=O) groups is 1. The molecule has 74 valence electrons. The Labute approximate surface area is 79.5 Å². The molecular weight excluding hydrogens is 164 g/mol. The van der Waals surface area contributed by atoms with Crippen molar-refractivity contribution in [2.45, 2.75) is 50.6 Å². The molecule has 0 saturated carbocycles. The summed E-state index contributed by atoms with van der Waals surface area (Å²) in [5.74, 6) is 0. The maximum atomic E-state index is 11.6. The van der Waals surface area contributed by atoms with Crippen LogP contribution in [0, 0.1) is 0 Å². The second-order valence-electron chi connectivity index (χ2n) is 4.13. The standard InChI is InChI=1S/C10H18N2O/c1-11-10(13)12-8-4-2-5-9(12)7-3-6-8/h8-9H,2-7H2,1H3,(H,11,13).